The summed E-state index contributed by atoms with van der Waals surface area (Å²) in [6.07, 6.45) is 55.7. The van der Waals surface area contributed by atoms with E-state index in [-0.39, 0.29) is 18.9 Å². The predicted molar refractivity (Wildman–Crippen MR) is 355 cm³/mol. The highest BCUT2D eigenvalue weighted by molar-refractivity contribution is 5.76. The molecule has 87 heavy (non-hydrogen) atoms. The smallest absolute Gasteiger partial charge is 0.220 e. The van der Waals surface area contributed by atoms with Gasteiger partial charge >= 0.3 is 0 Å². The molecule has 0 bridgehead atoms. The summed E-state index contributed by atoms with van der Waals surface area (Å²) in [5.41, 5.74) is 0. The molecule has 0 aromatic rings. The first-order chi connectivity index (χ1) is 42.6. The maximum absolute atomic E-state index is 13.3. The Balaban J connectivity index is 1.62. The molecule has 12 unspecified atom stereocenters. The maximum atomic E-state index is 13.3. The first-order valence-corrected chi connectivity index (χ1v) is 37.4. The van der Waals surface area contributed by atoms with Crippen LogP contribution >= 0.6 is 0 Å². The Labute approximate surface area is 533 Å². The molecule has 9 N–H and O–H groups in total. The number of aliphatic hydroxyl groups excluding tert-OH is 8. The molecule has 2 heterocycles. The highest BCUT2D eigenvalue weighted by Crippen LogP contribution is 2.30. The summed E-state index contributed by atoms with van der Waals surface area (Å²) in [7, 11) is 0. The van der Waals surface area contributed by atoms with Crippen molar-refractivity contribution in [1.29, 1.82) is 0 Å². The van der Waals surface area contributed by atoms with Crippen molar-refractivity contribution in [2.24, 2.45) is 0 Å². The van der Waals surface area contributed by atoms with Gasteiger partial charge in [0, 0.05) is 6.42 Å². The fourth-order valence-corrected chi connectivity index (χ4v) is 12.8. The van der Waals surface area contributed by atoms with Crippen LogP contribution in [0.25, 0.3) is 0 Å². The van der Waals surface area contributed by atoms with Crippen LogP contribution in [0.3, 0.4) is 0 Å². The van der Waals surface area contributed by atoms with Crippen molar-refractivity contribution in [3.05, 3.63) is 12.2 Å². The van der Waals surface area contributed by atoms with Crippen LogP contribution in [0.1, 0.15) is 354 Å². The molecule has 0 saturated carbocycles. The molecule has 2 aliphatic heterocycles. The number of unbranched alkanes of at least 4 members (excludes halogenated alkanes) is 50. The number of hydrogen-bond acceptors (Lipinski definition) is 13. The number of carbonyl (C=O) groups is 1. The Morgan fingerprint density at radius 3 is 1.06 bits per heavy atom. The fourth-order valence-electron chi connectivity index (χ4n) is 12.8. The number of hydrogen-bond donors (Lipinski definition) is 9. The van der Waals surface area contributed by atoms with E-state index in [1.165, 1.54) is 289 Å². The second kappa shape index (κ2) is 58.5. The molecule has 0 aromatic heterocycles. The van der Waals surface area contributed by atoms with Gasteiger partial charge in [-0.05, 0) is 19.3 Å². The molecule has 2 aliphatic rings. The summed E-state index contributed by atoms with van der Waals surface area (Å²) in [5.74, 6) is -0.230. The van der Waals surface area contributed by atoms with E-state index in [0.717, 1.165) is 44.9 Å². The van der Waals surface area contributed by atoms with E-state index >= 15 is 0 Å². The van der Waals surface area contributed by atoms with Gasteiger partial charge < -0.3 is 65.1 Å². The molecule has 12 atom stereocenters. The molecule has 2 saturated heterocycles. The molecule has 1 amide bonds. The number of aliphatic hydroxyl groups is 8. The quantitative estimate of drug-likeness (QED) is 0.0204. The van der Waals surface area contributed by atoms with Crippen LogP contribution in [0, 0.1) is 0 Å². The Bertz CT molecular complexity index is 1510. The van der Waals surface area contributed by atoms with Crippen LogP contribution in [0.4, 0.5) is 0 Å². The number of carbonyl (C=O) groups excluding carboxylic acids is 1. The summed E-state index contributed by atoms with van der Waals surface area (Å²) >= 11 is 0. The third-order valence-corrected chi connectivity index (χ3v) is 18.7. The van der Waals surface area contributed by atoms with E-state index in [0.29, 0.717) is 0 Å². The summed E-state index contributed by atoms with van der Waals surface area (Å²) < 4.78 is 22.9. The zero-order chi connectivity index (χ0) is 63.1. The fraction of sp³-hybridized carbons (Fsp3) is 0.959. The van der Waals surface area contributed by atoms with E-state index in [1.807, 2.05) is 6.08 Å². The van der Waals surface area contributed by atoms with Gasteiger partial charge in [0.2, 0.25) is 5.91 Å². The van der Waals surface area contributed by atoms with Gasteiger partial charge in [-0.25, -0.2) is 0 Å². The van der Waals surface area contributed by atoms with E-state index in [4.69, 9.17) is 18.9 Å². The van der Waals surface area contributed by atoms with Crippen molar-refractivity contribution in [2.75, 3.05) is 19.8 Å². The van der Waals surface area contributed by atoms with Gasteiger partial charge in [-0.15, -0.1) is 0 Å². The minimum Gasteiger partial charge on any atom is -0.394 e. The normalized spacial score (nSPS) is 23.2. The highest BCUT2D eigenvalue weighted by Gasteiger charge is 2.51. The molecule has 2 rings (SSSR count). The molecular formula is C73H141NO13. The molecule has 14 heteroatoms. The molecule has 14 nitrogen and oxygen atoms in total. The molecule has 516 valence electrons. The lowest BCUT2D eigenvalue weighted by molar-refractivity contribution is -0.359. The summed E-state index contributed by atoms with van der Waals surface area (Å²) in [6, 6.07) is -0.911. The van der Waals surface area contributed by atoms with Crippen molar-refractivity contribution in [3.8, 4) is 0 Å². The third kappa shape index (κ3) is 42.6. The van der Waals surface area contributed by atoms with Gasteiger partial charge in [0.15, 0.2) is 12.6 Å². The lowest BCUT2D eigenvalue weighted by Crippen LogP contribution is -2.65. The van der Waals surface area contributed by atoms with Gasteiger partial charge in [-0.2, -0.15) is 0 Å². The molecule has 0 aromatic carbocycles. The standard InChI is InChI=1S/C73H141NO13/c1-3-5-7-9-11-13-15-17-19-21-23-25-26-27-28-29-30-31-32-33-34-35-36-37-39-41-43-45-47-49-51-53-55-57-65(78)74-61(62(77)56-54-52-50-48-46-44-42-40-38-24-22-20-18-16-14-12-10-8-6-4-2)60-84-72-70(83)68(81)71(64(59-76)86-72)87-73-69(82)67(80)66(79)63(58-75)85-73/h54,56,61-64,66-73,75-77,79-83H,3-53,55,57-60H2,1-2H3,(H,74,78)/b56-54+. The van der Waals surface area contributed by atoms with Crippen LogP contribution in [-0.4, -0.2) is 140 Å². The van der Waals surface area contributed by atoms with Crippen LogP contribution in [0.2, 0.25) is 0 Å². The number of ether oxygens (including phenoxy) is 4. The first kappa shape index (κ1) is 81.8. The van der Waals surface area contributed by atoms with Crippen LogP contribution in [0.15, 0.2) is 12.2 Å². The van der Waals surface area contributed by atoms with Gasteiger partial charge in [0.05, 0.1) is 32.0 Å². The topological polar surface area (TPSA) is 228 Å². The number of rotatable bonds is 63. The second-order valence-electron chi connectivity index (χ2n) is 26.8. The predicted octanol–water partition coefficient (Wildman–Crippen LogP) is 15.7. The van der Waals surface area contributed by atoms with Crippen LogP contribution in [0.5, 0.6) is 0 Å². The van der Waals surface area contributed by atoms with Crippen molar-refractivity contribution in [1.82, 2.24) is 5.32 Å². The van der Waals surface area contributed by atoms with Crippen LogP contribution < -0.4 is 5.32 Å². The lowest BCUT2D eigenvalue weighted by Gasteiger charge is -2.46. The average Bonchev–Trinajstić information content (AvgIpc) is 2.33. The Morgan fingerprint density at radius 2 is 0.713 bits per heavy atom. The molecule has 0 spiro atoms. The van der Waals surface area contributed by atoms with Gasteiger partial charge in [-0.3, -0.25) is 4.79 Å². The molecule has 2 fully saturated rings. The lowest BCUT2D eigenvalue weighted by atomic mass is 9.97. The summed E-state index contributed by atoms with van der Waals surface area (Å²) in [5, 5.41) is 87.5. The van der Waals surface area contributed by atoms with Crippen molar-refractivity contribution < 1.29 is 64.6 Å². The summed E-state index contributed by atoms with van der Waals surface area (Å²) in [4.78, 5) is 13.3. The minimum absolute atomic E-state index is 0.230. The summed E-state index contributed by atoms with van der Waals surface area (Å²) in [6.45, 7) is 2.86. The Morgan fingerprint density at radius 1 is 0.402 bits per heavy atom. The number of nitrogens with one attached hydrogen (secondary N) is 1. The van der Waals surface area contributed by atoms with Gasteiger partial charge in [0.25, 0.3) is 0 Å². The Kier molecular flexibility index (Phi) is 55.1. The van der Waals surface area contributed by atoms with Crippen molar-refractivity contribution >= 4 is 5.91 Å². The first-order valence-electron chi connectivity index (χ1n) is 37.4. The zero-order valence-corrected chi connectivity index (χ0v) is 56.3. The molecular weight excluding hydrogens is 1100 g/mol. The number of amides is 1. The maximum Gasteiger partial charge on any atom is 0.220 e. The van der Waals surface area contributed by atoms with E-state index in [2.05, 4.69) is 19.2 Å². The van der Waals surface area contributed by atoms with Gasteiger partial charge in [-0.1, -0.05) is 341 Å². The van der Waals surface area contributed by atoms with E-state index in [1.54, 1.807) is 6.08 Å². The second-order valence-corrected chi connectivity index (χ2v) is 26.8. The Hall–Kier alpha value is -1.27. The van der Waals surface area contributed by atoms with E-state index in [9.17, 15) is 45.6 Å². The average molecular weight is 1240 g/mol. The monoisotopic (exact) mass is 1240 g/mol. The van der Waals surface area contributed by atoms with Crippen LogP contribution in [-0.2, 0) is 23.7 Å². The van der Waals surface area contributed by atoms with Gasteiger partial charge in [0.1, 0.15) is 48.8 Å². The van der Waals surface area contributed by atoms with E-state index < -0.39 is 86.8 Å². The largest absolute Gasteiger partial charge is 0.394 e. The van der Waals surface area contributed by atoms with Crippen molar-refractivity contribution in [2.45, 2.75) is 428 Å². The molecule has 0 radical (unpaired) electrons. The highest BCUT2D eigenvalue weighted by atomic mass is 16.7. The molecule has 0 aliphatic carbocycles. The number of allylic oxidation sites excluding steroid dienone is 1. The SMILES string of the molecule is CCCCCCCCCCCCCCCCCCCC/C=C/C(O)C(COC1OC(CO)C(OC2OC(CO)C(O)C(O)C2O)C(O)C1O)NC(=O)CCCCCCCCCCCCCCCCCCCCCCCCCCCCCCCCCCC. The minimum atomic E-state index is -1.79. The van der Waals surface area contributed by atoms with Crippen molar-refractivity contribution in [3.63, 3.8) is 0 Å². The zero-order valence-electron chi connectivity index (χ0n) is 56.3. The third-order valence-electron chi connectivity index (χ3n) is 18.7.